The van der Waals surface area contributed by atoms with Gasteiger partial charge in [0.05, 0.1) is 0 Å². The molecule has 0 amide bonds. The third kappa shape index (κ3) is 9.99. The Balaban J connectivity index is 0. The van der Waals surface area contributed by atoms with Crippen LogP contribution in [0.1, 0.15) is 0 Å². The van der Waals surface area contributed by atoms with E-state index in [1.54, 1.807) is 0 Å². The molecule has 4 heavy (non-hydrogen) atoms. The first-order chi connectivity index (χ1) is 0. The van der Waals surface area contributed by atoms with Gasteiger partial charge in [0.25, 0.3) is 0 Å². The van der Waals surface area contributed by atoms with Crippen molar-refractivity contribution in [2.24, 2.45) is 0 Å². The van der Waals surface area contributed by atoms with Crippen LogP contribution in [-0.4, -0.2) is 0 Å². The van der Waals surface area contributed by atoms with Crippen LogP contribution >= 0.6 is 50.9 Å². The molecule has 4 heteroatoms. The number of hydrogen-bond donors (Lipinski definition) is 0. The van der Waals surface area contributed by atoms with E-state index < -0.39 is 0 Å². The van der Waals surface area contributed by atoms with Crippen LogP contribution in [0.5, 0.6) is 0 Å². The van der Waals surface area contributed by atoms with Crippen LogP contribution in [0.15, 0.2) is 0 Å². The fraction of sp³-hybridized carbons (Fsp3) is 0. The molecule has 0 unspecified atom stereocenters. The molecule has 0 fully saturated rings. The lowest BCUT2D eigenvalue weighted by molar-refractivity contribution is 0.686. The Kier molecular flexibility index (Phi) is 346. The van der Waals surface area contributed by atoms with E-state index in [-0.39, 0.29) is 56.4 Å². The second-order valence-electron chi connectivity index (χ2n) is 0. The largest absolute Gasteiger partial charge is 0.114 e. The van der Waals surface area contributed by atoms with Crippen molar-refractivity contribution in [3.05, 3.63) is 0 Å². The summed E-state index contributed by atoms with van der Waals surface area (Å²) in [6.45, 7) is 0. The van der Waals surface area contributed by atoms with Gasteiger partial charge in [-0.3, -0.25) is 0 Å². The van der Waals surface area contributed by atoms with Crippen LogP contribution in [0.4, 0.5) is 0 Å². The Hall–Kier alpha value is 1.40. The lowest BCUT2D eigenvalue weighted by Crippen LogP contribution is -0.119. The van der Waals surface area contributed by atoms with Crippen molar-refractivity contribution in [2.75, 3.05) is 0 Å². The summed E-state index contributed by atoms with van der Waals surface area (Å²) in [5.41, 5.74) is 0. The molecule has 0 heterocycles. The fourth-order valence-corrected chi connectivity index (χ4v) is 0. The van der Waals surface area contributed by atoms with Gasteiger partial charge in [0.1, 0.15) is 0 Å². The molecule has 0 aliphatic rings. The Labute approximate surface area is 56.4 Å². The third-order valence-corrected chi connectivity index (χ3v) is 0. The second-order valence-corrected chi connectivity index (χ2v) is 0. The van der Waals surface area contributed by atoms with Crippen molar-refractivity contribution in [1.29, 1.82) is 0 Å². The highest BCUT2D eigenvalue weighted by Gasteiger charge is 0.0000269. The molecule has 1 nitrogen and oxygen atoms in total. The van der Waals surface area contributed by atoms with Crippen molar-refractivity contribution < 1.29 is 5.48 Å². The predicted octanol–water partition coefficient (Wildman–Crippen LogP) is 1.61. The second kappa shape index (κ2) is 26.0. The summed E-state index contributed by atoms with van der Waals surface area (Å²) >= 11 is 0. The minimum Gasteiger partial charge on any atom is -0.114 e. The van der Waals surface area contributed by atoms with Crippen molar-refractivity contribution in [1.82, 2.24) is 0 Å². The molecule has 2 radical (unpaired) electrons. The first-order valence-electron chi connectivity index (χ1n) is 0. The average Bonchev–Trinajstić information content (AvgIpc) is 0. The molecule has 30 valence electrons. The maximum atomic E-state index is 0. The first-order valence-corrected chi connectivity index (χ1v) is 0. The molecule has 0 atom stereocenters. The topological polar surface area (TPSA) is 28.5 Å². The van der Waals surface area contributed by atoms with E-state index in [9.17, 15) is 0 Å². The SMILES string of the molecule is Br.Br.Br.[O]. The van der Waals surface area contributed by atoms with Gasteiger partial charge in [-0.05, 0) is 0 Å². The van der Waals surface area contributed by atoms with Crippen molar-refractivity contribution in [2.45, 2.75) is 0 Å². The summed E-state index contributed by atoms with van der Waals surface area (Å²) in [6.07, 6.45) is 0. The third-order valence-electron chi connectivity index (χ3n) is 0. The van der Waals surface area contributed by atoms with Crippen LogP contribution < -0.4 is 0 Å². The van der Waals surface area contributed by atoms with Gasteiger partial charge in [0.2, 0.25) is 0 Å². The van der Waals surface area contributed by atoms with Gasteiger partial charge in [-0.2, -0.15) is 0 Å². The molecule has 0 aromatic heterocycles. The Bertz CT molecular complexity index is 3.25. The quantitative estimate of drug-likeness (QED) is 0.632. The van der Waals surface area contributed by atoms with E-state index in [0.29, 0.717) is 0 Å². The summed E-state index contributed by atoms with van der Waals surface area (Å²) < 4.78 is 0. The summed E-state index contributed by atoms with van der Waals surface area (Å²) in [5, 5.41) is 0. The molecular formula is H3Br3O. The summed E-state index contributed by atoms with van der Waals surface area (Å²) in [6, 6.07) is 0. The van der Waals surface area contributed by atoms with Gasteiger partial charge >= 0.3 is 0 Å². The zero-order chi connectivity index (χ0) is 0. The maximum absolute atomic E-state index is 0. The normalized spacial score (nSPS) is 0. The summed E-state index contributed by atoms with van der Waals surface area (Å²) in [5.74, 6) is 0. The van der Waals surface area contributed by atoms with Crippen molar-refractivity contribution in [3.63, 3.8) is 0 Å². The van der Waals surface area contributed by atoms with Crippen molar-refractivity contribution >= 4 is 50.9 Å². The molecule has 0 aliphatic heterocycles. The van der Waals surface area contributed by atoms with Gasteiger partial charge in [0.15, 0.2) is 0 Å². The van der Waals surface area contributed by atoms with E-state index in [2.05, 4.69) is 0 Å². The molecule has 0 N–H and O–H groups in total. The highest BCUT2D eigenvalue weighted by molar-refractivity contribution is 8.93. The lowest BCUT2D eigenvalue weighted by atomic mass is 16.0. The molecule has 0 saturated carbocycles. The molecule has 0 aliphatic carbocycles. The average molecular weight is 259 g/mol. The first kappa shape index (κ1) is 53.3. The summed E-state index contributed by atoms with van der Waals surface area (Å²) in [7, 11) is 0. The molecule has 0 aromatic rings. The smallest absolute Gasteiger partial charge is 0 e. The molecule has 0 bridgehead atoms. The highest BCUT2D eigenvalue weighted by Crippen LogP contribution is 0.848. The molecule has 0 rings (SSSR count). The van der Waals surface area contributed by atoms with Crippen LogP contribution in [0.25, 0.3) is 0 Å². The van der Waals surface area contributed by atoms with E-state index in [1.807, 2.05) is 0 Å². The van der Waals surface area contributed by atoms with Crippen LogP contribution in [-0.2, 0) is 5.48 Å². The number of hydrogen-bond acceptors (Lipinski definition) is 0. The van der Waals surface area contributed by atoms with Crippen LogP contribution in [0.3, 0.4) is 0 Å². The zero-order valence-electron chi connectivity index (χ0n) is 1.63. The summed E-state index contributed by atoms with van der Waals surface area (Å²) in [4.78, 5) is 0. The monoisotopic (exact) mass is 256 g/mol. The zero-order valence-corrected chi connectivity index (χ0v) is 6.77. The minimum atomic E-state index is 0. The Morgan fingerprint density at radius 2 is 0.500 bits per heavy atom. The standard InChI is InChI=1S/3BrH.O/h3*1H;. The van der Waals surface area contributed by atoms with E-state index >= 15 is 0 Å². The van der Waals surface area contributed by atoms with Crippen LogP contribution in [0.2, 0.25) is 0 Å². The number of rotatable bonds is 0. The van der Waals surface area contributed by atoms with Gasteiger partial charge < -0.3 is 0 Å². The molecule has 0 spiro atoms. The Morgan fingerprint density at radius 1 is 0.500 bits per heavy atom. The maximum Gasteiger partial charge on any atom is 0 e. The molecule has 0 saturated heterocycles. The van der Waals surface area contributed by atoms with Gasteiger partial charge in [-0.15, -0.1) is 50.9 Å². The Morgan fingerprint density at radius 3 is 0.500 bits per heavy atom. The van der Waals surface area contributed by atoms with Gasteiger partial charge in [-0.25, -0.2) is 0 Å². The van der Waals surface area contributed by atoms with Crippen LogP contribution in [0, 0.1) is 0 Å². The van der Waals surface area contributed by atoms with E-state index in [4.69, 9.17) is 0 Å². The van der Waals surface area contributed by atoms with Gasteiger partial charge in [0, 0.05) is 5.48 Å². The number of halogens is 3. The lowest BCUT2D eigenvalue weighted by Gasteiger charge is -0.115. The molecule has 0 aromatic carbocycles. The molecular weight excluding hydrogens is 256 g/mol. The van der Waals surface area contributed by atoms with E-state index in [1.165, 1.54) is 0 Å². The predicted molar refractivity (Wildman–Crippen MR) is 31.7 cm³/mol. The highest BCUT2D eigenvalue weighted by atomic mass is 79.9. The van der Waals surface area contributed by atoms with Gasteiger partial charge in [-0.1, -0.05) is 0 Å². The minimum absolute atomic E-state index is 0. The van der Waals surface area contributed by atoms with Crippen molar-refractivity contribution in [3.8, 4) is 0 Å². The fourth-order valence-electron chi connectivity index (χ4n) is 0. The van der Waals surface area contributed by atoms with E-state index in [0.717, 1.165) is 0 Å².